The summed E-state index contributed by atoms with van der Waals surface area (Å²) in [4.78, 5) is 15.9. The van der Waals surface area contributed by atoms with Crippen LogP contribution in [0, 0.1) is 6.92 Å². The van der Waals surface area contributed by atoms with E-state index in [1.807, 2.05) is 36.6 Å². The molecule has 31 heavy (non-hydrogen) atoms. The summed E-state index contributed by atoms with van der Waals surface area (Å²) < 4.78 is 1.05. The topological polar surface area (TPSA) is 81.6 Å². The second-order valence-corrected chi connectivity index (χ2v) is 9.33. The molecular formula is C23H29N5O2S. The van der Waals surface area contributed by atoms with Crippen LogP contribution in [-0.2, 0) is 4.79 Å². The maximum Gasteiger partial charge on any atom is 0.223 e. The van der Waals surface area contributed by atoms with Crippen molar-refractivity contribution in [3.05, 3.63) is 35.2 Å². The maximum absolute atomic E-state index is 11.9. The lowest BCUT2D eigenvalue weighted by Crippen LogP contribution is -2.43. The zero-order valence-electron chi connectivity index (χ0n) is 18.3. The number of hydrogen-bond donors (Lipinski definition) is 2. The first kappa shape index (κ1) is 21.5. The Bertz CT molecular complexity index is 1080. The third kappa shape index (κ3) is 4.80. The zero-order chi connectivity index (χ0) is 22.0. The molecular weight excluding hydrogens is 410 g/mol. The monoisotopic (exact) mass is 439 g/mol. The minimum absolute atomic E-state index is 0.163. The summed E-state index contributed by atoms with van der Waals surface area (Å²) in [6, 6.07) is 8.12. The van der Waals surface area contributed by atoms with Crippen molar-refractivity contribution in [1.29, 1.82) is 0 Å². The van der Waals surface area contributed by atoms with E-state index in [1.165, 1.54) is 0 Å². The Labute approximate surface area is 186 Å². The van der Waals surface area contributed by atoms with Gasteiger partial charge < -0.3 is 20.2 Å². The van der Waals surface area contributed by atoms with Crippen LogP contribution in [0.4, 0.5) is 5.82 Å². The Morgan fingerprint density at radius 1 is 1.32 bits per heavy atom. The largest absolute Gasteiger partial charge is 0.507 e. The molecule has 0 bridgehead atoms. The Morgan fingerprint density at radius 3 is 2.94 bits per heavy atom. The van der Waals surface area contributed by atoms with Gasteiger partial charge in [-0.15, -0.1) is 21.5 Å². The number of phenolic OH excluding ortho intramolecular Hbond substituents is 1. The van der Waals surface area contributed by atoms with E-state index in [9.17, 15) is 9.90 Å². The Kier molecular flexibility index (Phi) is 6.38. The predicted molar refractivity (Wildman–Crippen MR) is 126 cm³/mol. The molecule has 4 rings (SSSR count). The van der Waals surface area contributed by atoms with E-state index in [0.29, 0.717) is 17.7 Å². The number of phenols is 1. The molecule has 1 fully saturated rings. The lowest BCUT2D eigenvalue weighted by Gasteiger charge is -2.33. The normalized spacial score (nSPS) is 17.1. The Hall–Kier alpha value is -2.71. The molecule has 2 aromatic heterocycles. The number of aromatic hydroxyl groups is 1. The molecule has 3 heterocycles. The summed E-state index contributed by atoms with van der Waals surface area (Å²) in [5.74, 6) is 1.16. The number of nitrogens with one attached hydrogen (secondary N) is 1. The number of rotatable bonds is 6. The van der Waals surface area contributed by atoms with Gasteiger partial charge >= 0.3 is 0 Å². The summed E-state index contributed by atoms with van der Waals surface area (Å²) in [7, 11) is 3.59. The van der Waals surface area contributed by atoms with E-state index in [-0.39, 0.29) is 17.7 Å². The second-order valence-electron chi connectivity index (χ2n) is 8.38. The number of aromatic nitrogens is 2. The summed E-state index contributed by atoms with van der Waals surface area (Å²) in [6.07, 6.45) is 2.70. The fraction of sp³-hybridized carbons (Fsp3) is 0.435. The Balaban J connectivity index is 1.43. The minimum Gasteiger partial charge on any atom is -0.507 e. The summed E-state index contributed by atoms with van der Waals surface area (Å²) >= 11 is 1.61. The minimum atomic E-state index is 0.163. The highest BCUT2D eigenvalue weighted by atomic mass is 32.1. The molecule has 7 nitrogen and oxygen atoms in total. The van der Waals surface area contributed by atoms with Crippen molar-refractivity contribution in [2.45, 2.75) is 32.2 Å². The lowest BCUT2D eigenvalue weighted by atomic mass is 10.0. The van der Waals surface area contributed by atoms with Gasteiger partial charge in [0.2, 0.25) is 5.91 Å². The van der Waals surface area contributed by atoms with Crippen molar-refractivity contribution in [1.82, 2.24) is 20.0 Å². The first-order valence-electron chi connectivity index (χ1n) is 10.7. The number of hydrogen-bond acceptors (Lipinski definition) is 7. The number of nitrogens with zero attached hydrogens (tertiary/aromatic N) is 4. The SMILES string of the molecule is Cc1cc(NC2CCCN(CCC(=O)N(C)C)C2)nnc1-c1ccc2sccc2c1O. The average molecular weight is 440 g/mol. The fourth-order valence-electron chi connectivity index (χ4n) is 4.10. The van der Waals surface area contributed by atoms with E-state index < -0.39 is 0 Å². The summed E-state index contributed by atoms with van der Waals surface area (Å²) in [5, 5.41) is 25.8. The van der Waals surface area contributed by atoms with Crippen LogP contribution in [0.25, 0.3) is 21.3 Å². The van der Waals surface area contributed by atoms with Gasteiger partial charge in [-0.05, 0) is 61.5 Å². The fourth-order valence-corrected chi connectivity index (χ4v) is 4.89. The van der Waals surface area contributed by atoms with Crippen LogP contribution in [0.2, 0.25) is 0 Å². The number of amides is 1. The molecule has 0 aliphatic carbocycles. The maximum atomic E-state index is 11.9. The van der Waals surface area contributed by atoms with Gasteiger partial charge in [-0.25, -0.2) is 0 Å². The van der Waals surface area contributed by atoms with Gasteiger partial charge in [0.25, 0.3) is 0 Å². The zero-order valence-corrected chi connectivity index (χ0v) is 19.1. The first-order chi connectivity index (χ1) is 14.9. The molecule has 1 aliphatic rings. The quantitative estimate of drug-likeness (QED) is 0.609. The van der Waals surface area contributed by atoms with Gasteiger partial charge in [0, 0.05) is 55.3 Å². The van der Waals surface area contributed by atoms with Gasteiger partial charge in [-0.1, -0.05) is 0 Å². The third-order valence-corrected chi connectivity index (χ3v) is 6.73. The number of anilines is 1. The highest BCUT2D eigenvalue weighted by Gasteiger charge is 2.21. The van der Waals surface area contributed by atoms with Crippen molar-refractivity contribution < 1.29 is 9.90 Å². The van der Waals surface area contributed by atoms with Crippen molar-refractivity contribution in [2.75, 3.05) is 39.0 Å². The molecule has 1 unspecified atom stereocenters. The van der Waals surface area contributed by atoms with Crippen LogP contribution in [0.3, 0.4) is 0 Å². The Morgan fingerprint density at radius 2 is 2.16 bits per heavy atom. The molecule has 1 saturated heterocycles. The molecule has 1 atom stereocenters. The average Bonchev–Trinajstić information content (AvgIpc) is 3.23. The molecule has 0 saturated carbocycles. The van der Waals surface area contributed by atoms with E-state index in [0.717, 1.165) is 53.9 Å². The molecule has 1 aromatic carbocycles. The van der Waals surface area contributed by atoms with E-state index in [1.54, 1.807) is 30.3 Å². The summed E-state index contributed by atoms with van der Waals surface area (Å²) in [6.45, 7) is 4.68. The van der Waals surface area contributed by atoms with Crippen LogP contribution in [-0.4, -0.2) is 70.8 Å². The van der Waals surface area contributed by atoms with Gasteiger partial charge in [0.1, 0.15) is 11.6 Å². The lowest BCUT2D eigenvalue weighted by molar-refractivity contribution is -0.129. The highest BCUT2D eigenvalue weighted by molar-refractivity contribution is 7.17. The highest BCUT2D eigenvalue weighted by Crippen LogP contribution is 2.38. The smallest absolute Gasteiger partial charge is 0.223 e. The standard InChI is InChI=1S/C23H29N5O2S/c1-15-13-20(24-16-5-4-10-28(14-16)11-8-21(29)27(2)3)25-26-22(15)18-6-7-19-17(23(18)30)9-12-31-19/h6-7,9,12-13,16,30H,4-5,8,10-11,14H2,1-3H3,(H,24,25). The molecule has 0 spiro atoms. The number of piperidine rings is 1. The second kappa shape index (κ2) is 9.20. The number of carbonyl (C=O) groups is 1. The van der Waals surface area contributed by atoms with Gasteiger partial charge in [-0.2, -0.15) is 0 Å². The number of thiophene rings is 1. The van der Waals surface area contributed by atoms with E-state index >= 15 is 0 Å². The number of fused-ring (bicyclic) bond motifs is 1. The first-order valence-corrected chi connectivity index (χ1v) is 11.5. The van der Waals surface area contributed by atoms with E-state index in [2.05, 4.69) is 20.4 Å². The van der Waals surface area contributed by atoms with Crippen molar-refractivity contribution in [3.8, 4) is 17.0 Å². The van der Waals surface area contributed by atoms with Crippen LogP contribution >= 0.6 is 11.3 Å². The molecule has 8 heteroatoms. The summed E-state index contributed by atoms with van der Waals surface area (Å²) in [5.41, 5.74) is 2.37. The number of aryl methyl sites for hydroxylation is 1. The molecule has 0 radical (unpaired) electrons. The van der Waals surface area contributed by atoms with Gasteiger partial charge in [0.15, 0.2) is 0 Å². The van der Waals surface area contributed by atoms with Crippen molar-refractivity contribution in [2.24, 2.45) is 0 Å². The van der Waals surface area contributed by atoms with Crippen LogP contribution < -0.4 is 5.32 Å². The predicted octanol–water partition coefficient (Wildman–Crippen LogP) is 3.73. The molecule has 1 amide bonds. The van der Waals surface area contributed by atoms with Gasteiger partial charge in [-0.3, -0.25) is 4.79 Å². The van der Waals surface area contributed by atoms with Crippen LogP contribution in [0.5, 0.6) is 5.75 Å². The van der Waals surface area contributed by atoms with Crippen molar-refractivity contribution in [3.63, 3.8) is 0 Å². The molecule has 3 aromatic rings. The molecule has 2 N–H and O–H groups in total. The van der Waals surface area contributed by atoms with Crippen LogP contribution in [0.15, 0.2) is 29.6 Å². The molecule has 1 aliphatic heterocycles. The van der Waals surface area contributed by atoms with Crippen molar-refractivity contribution >= 4 is 33.1 Å². The van der Waals surface area contributed by atoms with Crippen LogP contribution in [0.1, 0.15) is 24.8 Å². The molecule has 164 valence electrons. The number of benzene rings is 1. The third-order valence-electron chi connectivity index (χ3n) is 5.84. The van der Waals surface area contributed by atoms with E-state index in [4.69, 9.17) is 0 Å². The number of carbonyl (C=O) groups excluding carboxylic acids is 1. The van der Waals surface area contributed by atoms with Gasteiger partial charge in [0.05, 0.1) is 5.69 Å². The number of likely N-dealkylation sites (tertiary alicyclic amines) is 1.